The number of benzene rings is 1. The number of rotatable bonds is 8. The maximum atomic E-state index is 12.2. The molecule has 0 aliphatic carbocycles. The third-order valence-electron chi connectivity index (χ3n) is 3.42. The summed E-state index contributed by atoms with van der Waals surface area (Å²) in [6.07, 6.45) is 1.61. The lowest BCUT2D eigenvalue weighted by molar-refractivity contribution is 0.0506. The molecule has 0 radical (unpaired) electrons. The number of nitriles is 1. The predicted molar refractivity (Wildman–Crippen MR) is 85.6 cm³/mol. The summed E-state index contributed by atoms with van der Waals surface area (Å²) in [5.41, 5.74) is -0.302. The molecule has 1 atom stereocenters. The molecule has 1 unspecified atom stereocenters. The van der Waals surface area contributed by atoms with Gasteiger partial charge in [-0.15, -0.1) is 0 Å². The average molecular weight is 324 g/mol. The summed E-state index contributed by atoms with van der Waals surface area (Å²) in [7, 11) is -3.66. The second-order valence-electron chi connectivity index (χ2n) is 6.23. The molecule has 0 fully saturated rings. The fourth-order valence-electron chi connectivity index (χ4n) is 1.90. The van der Waals surface area contributed by atoms with Gasteiger partial charge in [0.05, 0.1) is 23.0 Å². The summed E-state index contributed by atoms with van der Waals surface area (Å²) >= 11 is 0. The molecule has 2 N–H and O–H groups in total. The van der Waals surface area contributed by atoms with E-state index in [1.54, 1.807) is 19.1 Å². The van der Waals surface area contributed by atoms with Crippen LogP contribution < -0.4 is 4.72 Å². The van der Waals surface area contributed by atoms with Crippen molar-refractivity contribution in [3.8, 4) is 6.07 Å². The number of hydrogen-bond donors (Lipinski definition) is 2. The minimum Gasteiger partial charge on any atom is -0.389 e. The van der Waals surface area contributed by atoms with Gasteiger partial charge < -0.3 is 5.11 Å². The summed E-state index contributed by atoms with van der Waals surface area (Å²) in [5.74, 6) is 0.454. The van der Waals surface area contributed by atoms with Crippen LogP contribution in [-0.2, 0) is 16.4 Å². The van der Waals surface area contributed by atoms with Gasteiger partial charge in [0, 0.05) is 6.54 Å². The van der Waals surface area contributed by atoms with Crippen LogP contribution in [0.4, 0.5) is 0 Å². The number of sulfonamides is 1. The average Bonchev–Trinajstić information content (AvgIpc) is 2.45. The van der Waals surface area contributed by atoms with Gasteiger partial charge in [0.15, 0.2) is 0 Å². The molecular weight excluding hydrogens is 300 g/mol. The topological polar surface area (TPSA) is 90.2 Å². The Morgan fingerprint density at radius 2 is 1.91 bits per heavy atom. The van der Waals surface area contributed by atoms with Gasteiger partial charge in [-0.1, -0.05) is 26.0 Å². The van der Waals surface area contributed by atoms with Crippen molar-refractivity contribution in [3.63, 3.8) is 0 Å². The Morgan fingerprint density at radius 3 is 2.41 bits per heavy atom. The van der Waals surface area contributed by atoms with Gasteiger partial charge in [-0.25, -0.2) is 13.1 Å². The Morgan fingerprint density at radius 1 is 1.32 bits per heavy atom. The van der Waals surface area contributed by atoms with E-state index in [0.717, 1.165) is 12.0 Å². The van der Waals surface area contributed by atoms with E-state index in [9.17, 15) is 13.5 Å². The zero-order chi connectivity index (χ0) is 16.8. The van der Waals surface area contributed by atoms with Gasteiger partial charge >= 0.3 is 0 Å². The molecule has 0 aliphatic rings. The Labute approximate surface area is 133 Å². The number of aliphatic hydroxyl groups is 1. The number of hydrogen-bond acceptors (Lipinski definition) is 4. The first kappa shape index (κ1) is 18.6. The second-order valence-corrected chi connectivity index (χ2v) is 8.00. The van der Waals surface area contributed by atoms with Crippen LogP contribution in [0.3, 0.4) is 0 Å². The van der Waals surface area contributed by atoms with E-state index in [1.165, 1.54) is 12.1 Å². The quantitative estimate of drug-likeness (QED) is 0.767. The van der Waals surface area contributed by atoms with Gasteiger partial charge in [0.25, 0.3) is 0 Å². The smallest absolute Gasteiger partial charge is 0.240 e. The predicted octanol–water partition coefficient (Wildman–Crippen LogP) is 2.22. The molecular formula is C16H24N2O3S. The van der Waals surface area contributed by atoms with Crippen molar-refractivity contribution >= 4 is 10.0 Å². The van der Waals surface area contributed by atoms with Gasteiger partial charge in [-0.3, -0.25) is 0 Å². The summed E-state index contributed by atoms with van der Waals surface area (Å²) in [6, 6.07) is 8.19. The summed E-state index contributed by atoms with van der Waals surface area (Å²) in [5, 5.41) is 18.8. The summed E-state index contributed by atoms with van der Waals surface area (Å²) < 4.78 is 26.8. The first-order valence-corrected chi connectivity index (χ1v) is 8.82. The molecule has 0 aliphatic heterocycles. The van der Waals surface area contributed by atoms with E-state index in [4.69, 9.17) is 5.26 Å². The van der Waals surface area contributed by atoms with Crippen LogP contribution in [0.25, 0.3) is 0 Å². The minimum absolute atomic E-state index is 0.0258. The largest absolute Gasteiger partial charge is 0.389 e. The molecule has 0 heterocycles. The van der Waals surface area contributed by atoms with Crippen LogP contribution in [0.2, 0.25) is 0 Å². The fraction of sp³-hybridized carbons (Fsp3) is 0.562. The number of nitrogens with zero attached hydrogens (tertiary/aromatic N) is 1. The Balaban J connectivity index is 2.69. The van der Waals surface area contributed by atoms with Crippen LogP contribution in [0.5, 0.6) is 0 Å². The molecule has 0 saturated carbocycles. The van der Waals surface area contributed by atoms with E-state index in [-0.39, 0.29) is 17.9 Å². The Bertz CT molecular complexity index is 614. The summed E-state index contributed by atoms with van der Waals surface area (Å²) in [6.45, 7) is 5.72. The van der Waals surface area contributed by atoms with E-state index in [0.29, 0.717) is 12.3 Å². The third kappa shape index (κ3) is 6.14. The van der Waals surface area contributed by atoms with Crippen molar-refractivity contribution < 1.29 is 13.5 Å². The fourth-order valence-corrected chi connectivity index (χ4v) is 3.06. The van der Waals surface area contributed by atoms with Crippen molar-refractivity contribution in [1.29, 1.82) is 5.26 Å². The highest BCUT2D eigenvalue weighted by Crippen LogP contribution is 2.17. The molecule has 5 nitrogen and oxygen atoms in total. The molecule has 1 aromatic carbocycles. The standard InChI is InChI=1S/C16H24N2O3S/c1-13(2)8-10-16(3,19)12-18-22(20,21)15-6-4-14(5-7-15)9-11-17/h4-7,13,18-19H,8-10,12H2,1-3H3. The Hall–Kier alpha value is -1.42. The van der Waals surface area contributed by atoms with Gasteiger partial charge in [0.2, 0.25) is 10.0 Å². The molecule has 0 amide bonds. The van der Waals surface area contributed by atoms with Crippen molar-refractivity contribution in [2.75, 3.05) is 6.54 Å². The lowest BCUT2D eigenvalue weighted by atomic mass is 9.96. The SMILES string of the molecule is CC(C)CCC(C)(O)CNS(=O)(=O)c1ccc(CC#N)cc1. The van der Waals surface area contributed by atoms with Crippen LogP contribution >= 0.6 is 0 Å². The molecule has 1 rings (SSSR count). The van der Waals surface area contributed by atoms with Crippen molar-refractivity contribution in [1.82, 2.24) is 4.72 Å². The molecule has 122 valence electrons. The van der Waals surface area contributed by atoms with Gasteiger partial charge in [-0.05, 0) is 43.4 Å². The highest BCUT2D eigenvalue weighted by atomic mass is 32.2. The Kier molecular flexibility index (Phi) is 6.54. The third-order valence-corrected chi connectivity index (χ3v) is 4.84. The van der Waals surface area contributed by atoms with Crippen LogP contribution in [-0.4, -0.2) is 25.7 Å². The second kappa shape index (κ2) is 7.73. The number of nitrogens with one attached hydrogen (secondary N) is 1. The van der Waals surface area contributed by atoms with E-state index < -0.39 is 15.6 Å². The maximum absolute atomic E-state index is 12.2. The molecule has 0 bridgehead atoms. The van der Waals surface area contributed by atoms with Crippen molar-refractivity contribution in [2.24, 2.45) is 5.92 Å². The van der Waals surface area contributed by atoms with Crippen molar-refractivity contribution in [3.05, 3.63) is 29.8 Å². The lowest BCUT2D eigenvalue weighted by Crippen LogP contribution is -2.40. The minimum atomic E-state index is -3.66. The molecule has 0 aromatic heterocycles. The van der Waals surface area contributed by atoms with Gasteiger partial charge in [-0.2, -0.15) is 5.26 Å². The normalized spacial score (nSPS) is 14.5. The van der Waals surface area contributed by atoms with E-state index in [1.807, 2.05) is 6.07 Å². The molecule has 0 spiro atoms. The van der Waals surface area contributed by atoms with Crippen LogP contribution in [0.1, 0.15) is 39.2 Å². The molecule has 0 saturated heterocycles. The zero-order valence-electron chi connectivity index (χ0n) is 13.3. The zero-order valence-corrected chi connectivity index (χ0v) is 14.2. The van der Waals surface area contributed by atoms with Crippen molar-refractivity contribution in [2.45, 2.75) is 50.5 Å². The first-order valence-electron chi connectivity index (χ1n) is 7.34. The monoisotopic (exact) mass is 324 g/mol. The molecule has 22 heavy (non-hydrogen) atoms. The maximum Gasteiger partial charge on any atom is 0.240 e. The van der Waals surface area contributed by atoms with Crippen LogP contribution in [0, 0.1) is 17.2 Å². The highest BCUT2D eigenvalue weighted by Gasteiger charge is 2.24. The summed E-state index contributed by atoms with van der Waals surface area (Å²) in [4.78, 5) is 0.133. The molecule has 1 aromatic rings. The van der Waals surface area contributed by atoms with Crippen LogP contribution in [0.15, 0.2) is 29.2 Å². The molecule has 6 heteroatoms. The van der Waals surface area contributed by atoms with E-state index in [2.05, 4.69) is 18.6 Å². The highest BCUT2D eigenvalue weighted by molar-refractivity contribution is 7.89. The first-order chi connectivity index (χ1) is 10.2. The van der Waals surface area contributed by atoms with Gasteiger partial charge in [0.1, 0.15) is 0 Å². The lowest BCUT2D eigenvalue weighted by Gasteiger charge is -2.24. The van der Waals surface area contributed by atoms with E-state index >= 15 is 0 Å².